The molecule has 0 saturated heterocycles. The third kappa shape index (κ3) is 6.77. The van der Waals surface area contributed by atoms with Crippen LogP contribution >= 0.6 is 0 Å². The number of phenols is 1. The molecule has 0 aliphatic heterocycles. The highest BCUT2D eigenvalue weighted by Crippen LogP contribution is 2.26. The molecule has 0 aromatic heterocycles. The molecule has 0 bridgehead atoms. The third-order valence-corrected chi connectivity index (χ3v) is 4.07. The fourth-order valence-electron chi connectivity index (χ4n) is 2.50. The summed E-state index contributed by atoms with van der Waals surface area (Å²) in [7, 11) is 0. The first-order valence-electron chi connectivity index (χ1n) is 8.90. The van der Waals surface area contributed by atoms with Gasteiger partial charge in [-0.25, -0.2) is 0 Å². The minimum Gasteiger partial charge on any atom is -0.507 e. The molecule has 2 aromatic rings. The maximum atomic E-state index is 10.5. The van der Waals surface area contributed by atoms with Crippen molar-refractivity contribution in [2.45, 2.75) is 45.8 Å². The van der Waals surface area contributed by atoms with Gasteiger partial charge in [0.1, 0.15) is 18.1 Å². The number of phenolic OH excluding ortho intramolecular Hbond substituents is 1. The number of aromatic hydroxyl groups is 1. The van der Waals surface area contributed by atoms with Gasteiger partial charge in [-0.1, -0.05) is 54.1 Å². The number of hydrogen-bond acceptors (Lipinski definition) is 3. The second-order valence-electron chi connectivity index (χ2n) is 7.01. The van der Waals surface area contributed by atoms with E-state index in [1.54, 1.807) is 37.3 Å². The minimum atomic E-state index is -0.931. The maximum absolute atomic E-state index is 10.5. The largest absolute Gasteiger partial charge is 0.507 e. The van der Waals surface area contributed by atoms with Gasteiger partial charge in [0.05, 0.1) is 5.60 Å². The van der Waals surface area contributed by atoms with Crippen molar-refractivity contribution in [1.82, 2.24) is 0 Å². The van der Waals surface area contributed by atoms with Gasteiger partial charge >= 0.3 is 0 Å². The predicted molar refractivity (Wildman–Crippen MR) is 107 cm³/mol. The Labute approximate surface area is 156 Å². The number of hydrogen-bond donors (Lipinski definition) is 2. The first-order valence-corrected chi connectivity index (χ1v) is 8.90. The molecule has 0 spiro atoms. The molecule has 2 N–H and O–H groups in total. The molecular weight excluding hydrogens is 324 g/mol. The molecule has 1 unspecified atom stereocenters. The SMILES string of the molecule is CC(C)=CCCC(C)(O)/C=C/c1cc(OCc2ccccc2)ccc1O. The van der Waals surface area contributed by atoms with Gasteiger partial charge in [0.25, 0.3) is 0 Å². The van der Waals surface area contributed by atoms with Gasteiger partial charge in [0, 0.05) is 5.56 Å². The summed E-state index contributed by atoms with van der Waals surface area (Å²) in [4.78, 5) is 0. The minimum absolute atomic E-state index is 0.161. The maximum Gasteiger partial charge on any atom is 0.123 e. The smallest absolute Gasteiger partial charge is 0.123 e. The predicted octanol–water partition coefficient (Wildman–Crippen LogP) is 5.48. The monoisotopic (exact) mass is 352 g/mol. The van der Waals surface area contributed by atoms with Crippen LogP contribution in [0.1, 0.15) is 44.7 Å². The summed E-state index contributed by atoms with van der Waals surface area (Å²) in [5.74, 6) is 0.837. The molecule has 3 heteroatoms. The summed E-state index contributed by atoms with van der Waals surface area (Å²) in [6.45, 7) is 6.33. The Morgan fingerprint density at radius 3 is 2.54 bits per heavy atom. The van der Waals surface area contributed by atoms with E-state index in [-0.39, 0.29) is 5.75 Å². The summed E-state index contributed by atoms with van der Waals surface area (Å²) in [5, 5.41) is 20.5. The lowest BCUT2D eigenvalue weighted by molar-refractivity contribution is 0.104. The van der Waals surface area contributed by atoms with Gasteiger partial charge < -0.3 is 14.9 Å². The first-order chi connectivity index (χ1) is 12.4. The van der Waals surface area contributed by atoms with E-state index in [9.17, 15) is 10.2 Å². The van der Waals surface area contributed by atoms with Crippen LogP contribution in [0.2, 0.25) is 0 Å². The van der Waals surface area contributed by atoms with Crippen molar-refractivity contribution in [2.24, 2.45) is 0 Å². The van der Waals surface area contributed by atoms with Crippen molar-refractivity contribution >= 4 is 6.08 Å². The standard InChI is InChI=1S/C23H28O3/c1-18(2)8-7-14-23(3,25)15-13-20-16-21(11-12-22(20)24)26-17-19-9-5-4-6-10-19/h4-6,8-13,15-16,24-25H,7,14,17H2,1-3H3/b15-13+. The Morgan fingerprint density at radius 1 is 1.12 bits per heavy atom. The van der Waals surface area contributed by atoms with Crippen LogP contribution in [-0.2, 0) is 6.61 Å². The van der Waals surface area contributed by atoms with Crippen LogP contribution in [0.4, 0.5) is 0 Å². The molecule has 0 amide bonds. The van der Waals surface area contributed by atoms with Crippen LogP contribution in [0.5, 0.6) is 11.5 Å². The van der Waals surface area contributed by atoms with Gasteiger partial charge in [0.15, 0.2) is 0 Å². The molecule has 0 fully saturated rings. The lowest BCUT2D eigenvalue weighted by Crippen LogP contribution is -2.19. The van der Waals surface area contributed by atoms with Crippen molar-refractivity contribution in [1.29, 1.82) is 0 Å². The number of benzene rings is 2. The molecule has 1 atom stereocenters. The van der Waals surface area contributed by atoms with E-state index in [1.165, 1.54) is 5.57 Å². The number of rotatable bonds is 8. The van der Waals surface area contributed by atoms with Gasteiger partial charge in [0.2, 0.25) is 0 Å². The molecule has 138 valence electrons. The molecule has 2 aromatic carbocycles. The highest BCUT2D eigenvalue weighted by Gasteiger charge is 2.15. The Hall–Kier alpha value is -2.52. The van der Waals surface area contributed by atoms with Crippen molar-refractivity contribution < 1.29 is 14.9 Å². The molecule has 2 rings (SSSR count). The van der Waals surface area contributed by atoms with E-state index in [2.05, 4.69) is 6.08 Å². The molecule has 0 saturated carbocycles. The Morgan fingerprint density at radius 2 is 1.85 bits per heavy atom. The van der Waals surface area contributed by atoms with Crippen LogP contribution in [0.3, 0.4) is 0 Å². The third-order valence-electron chi connectivity index (χ3n) is 4.07. The molecule has 0 aliphatic carbocycles. The number of ether oxygens (including phenoxy) is 1. The zero-order valence-electron chi connectivity index (χ0n) is 15.8. The van der Waals surface area contributed by atoms with E-state index in [1.807, 2.05) is 44.2 Å². The fourth-order valence-corrected chi connectivity index (χ4v) is 2.50. The van der Waals surface area contributed by atoms with Crippen molar-refractivity contribution in [3.63, 3.8) is 0 Å². The van der Waals surface area contributed by atoms with E-state index < -0.39 is 5.60 Å². The lowest BCUT2D eigenvalue weighted by atomic mass is 9.97. The van der Waals surface area contributed by atoms with Crippen LogP contribution in [0, 0.1) is 0 Å². The van der Waals surface area contributed by atoms with Crippen LogP contribution in [0.15, 0.2) is 66.3 Å². The summed E-state index contributed by atoms with van der Waals surface area (Å²) in [6, 6.07) is 15.1. The zero-order valence-corrected chi connectivity index (χ0v) is 15.8. The van der Waals surface area contributed by atoms with Gasteiger partial charge in [-0.05, 0) is 57.4 Å². The molecule has 3 nitrogen and oxygen atoms in total. The number of aliphatic hydroxyl groups is 1. The molecule has 26 heavy (non-hydrogen) atoms. The number of allylic oxidation sites excluding steroid dienone is 2. The highest BCUT2D eigenvalue weighted by atomic mass is 16.5. The van der Waals surface area contributed by atoms with E-state index in [0.29, 0.717) is 24.3 Å². The molecule has 0 heterocycles. The lowest BCUT2D eigenvalue weighted by Gasteiger charge is -2.18. The second-order valence-corrected chi connectivity index (χ2v) is 7.01. The first kappa shape index (κ1) is 19.8. The summed E-state index contributed by atoms with van der Waals surface area (Å²) in [5.41, 5.74) is 2.02. The average Bonchev–Trinajstić information content (AvgIpc) is 2.60. The van der Waals surface area contributed by atoms with Crippen LogP contribution in [0.25, 0.3) is 6.08 Å². The van der Waals surface area contributed by atoms with Crippen molar-refractivity contribution in [3.05, 3.63) is 77.4 Å². The van der Waals surface area contributed by atoms with Gasteiger partial charge in [-0.3, -0.25) is 0 Å². The Kier molecular flexibility index (Phi) is 7.05. The Balaban J connectivity index is 2.03. The van der Waals surface area contributed by atoms with Crippen LogP contribution in [-0.4, -0.2) is 15.8 Å². The molecule has 0 radical (unpaired) electrons. The normalized spacial score (nSPS) is 13.4. The van der Waals surface area contributed by atoms with Crippen LogP contribution < -0.4 is 4.74 Å². The molecule has 0 aliphatic rings. The van der Waals surface area contributed by atoms with Gasteiger partial charge in [-0.2, -0.15) is 0 Å². The zero-order chi connectivity index (χ0) is 19.0. The van der Waals surface area contributed by atoms with Crippen molar-refractivity contribution in [3.8, 4) is 11.5 Å². The topological polar surface area (TPSA) is 49.7 Å². The quantitative estimate of drug-likeness (QED) is 0.618. The summed E-state index contributed by atoms with van der Waals surface area (Å²) < 4.78 is 5.80. The second kappa shape index (κ2) is 9.25. The van der Waals surface area contributed by atoms with E-state index >= 15 is 0 Å². The Bertz CT molecular complexity index is 754. The summed E-state index contributed by atoms with van der Waals surface area (Å²) in [6.07, 6.45) is 7.01. The highest BCUT2D eigenvalue weighted by molar-refractivity contribution is 5.59. The van der Waals surface area contributed by atoms with E-state index in [0.717, 1.165) is 12.0 Å². The average molecular weight is 352 g/mol. The van der Waals surface area contributed by atoms with Gasteiger partial charge in [-0.15, -0.1) is 0 Å². The fraction of sp³-hybridized carbons (Fsp3) is 0.304. The van der Waals surface area contributed by atoms with E-state index in [4.69, 9.17) is 4.74 Å². The van der Waals surface area contributed by atoms with Crippen molar-refractivity contribution in [2.75, 3.05) is 0 Å². The molecular formula is C23H28O3. The summed E-state index contributed by atoms with van der Waals surface area (Å²) >= 11 is 0.